The van der Waals surface area contributed by atoms with Crippen LogP contribution in [0.2, 0.25) is 0 Å². The topological polar surface area (TPSA) is 30.5 Å². The number of ether oxygens (including phenoxy) is 2. The number of rotatable bonds is 8. The quantitative estimate of drug-likeness (QED) is 0.709. The SMILES string of the molecule is COCCNCc1cccc(C)c1OCc1ccc(Br)s1. The Bertz CT molecular complexity index is 571. The van der Waals surface area contributed by atoms with Crippen LogP contribution in [0.3, 0.4) is 0 Å². The average Bonchev–Trinajstić information content (AvgIpc) is 2.88. The zero-order chi connectivity index (χ0) is 15.1. The van der Waals surface area contributed by atoms with Crippen LogP contribution in [0.4, 0.5) is 0 Å². The fourth-order valence-corrected chi connectivity index (χ4v) is 3.43. The van der Waals surface area contributed by atoms with Crippen LogP contribution in [0.15, 0.2) is 34.1 Å². The molecule has 2 aromatic rings. The number of nitrogens with one attached hydrogen (secondary N) is 1. The number of thiophene rings is 1. The molecule has 0 spiro atoms. The van der Waals surface area contributed by atoms with E-state index in [4.69, 9.17) is 9.47 Å². The monoisotopic (exact) mass is 369 g/mol. The van der Waals surface area contributed by atoms with Crippen molar-refractivity contribution in [3.05, 3.63) is 50.1 Å². The van der Waals surface area contributed by atoms with Gasteiger partial charge in [0.2, 0.25) is 0 Å². The number of halogens is 1. The van der Waals surface area contributed by atoms with Crippen molar-refractivity contribution in [3.63, 3.8) is 0 Å². The lowest BCUT2D eigenvalue weighted by atomic mass is 10.1. The van der Waals surface area contributed by atoms with E-state index in [9.17, 15) is 0 Å². The Kier molecular flexibility index (Phi) is 6.70. The van der Waals surface area contributed by atoms with E-state index in [0.717, 1.165) is 28.2 Å². The molecule has 5 heteroatoms. The lowest BCUT2D eigenvalue weighted by Crippen LogP contribution is -2.19. The first-order valence-corrected chi connectivity index (χ1v) is 8.47. The molecule has 0 saturated carbocycles. The van der Waals surface area contributed by atoms with Crippen molar-refractivity contribution >= 4 is 27.3 Å². The van der Waals surface area contributed by atoms with Crippen LogP contribution in [0.5, 0.6) is 5.75 Å². The Morgan fingerprint density at radius 1 is 1.24 bits per heavy atom. The van der Waals surface area contributed by atoms with E-state index in [1.54, 1.807) is 18.4 Å². The fraction of sp³-hybridized carbons (Fsp3) is 0.375. The molecule has 0 aliphatic rings. The third kappa shape index (κ3) is 5.11. The molecule has 114 valence electrons. The van der Waals surface area contributed by atoms with Crippen molar-refractivity contribution in [2.24, 2.45) is 0 Å². The van der Waals surface area contributed by atoms with Gasteiger partial charge in [0.25, 0.3) is 0 Å². The molecule has 0 saturated heterocycles. The second kappa shape index (κ2) is 8.54. The van der Waals surface area contributed by atoms with Crippen molar-refractivity contribution in [1.29, 1.82) is 0 Å². The van der Waals surface area contributed by atoms with Crippen LogP contribution >= 0.6 is 27.3 Å². The van der Waals surface area contributed by atoms with Gasteiger partial charge in [-0.25, -0.2) is 0 Å². The average molecular weight is 370 g/mol. The summed E-state index contributed by atoms with van der Waals surface area (Å²) in [5.74, 6) is 0.979. The van der Waals surface area contributed by atoms with Crippen molar-refractivity contribution in [2.75, 3.05) is 20.3 Å². The third-order valence-corrected chi connectivity index (χ3v) is 4.68. The van der Waals surface area contributed by atoms with Gasteiger partial charge in [-0.05, 0) is 40.5 Å². The first kappa shape index (κ1) is 16.5. The van der Waals surface area contributed by atoms with Crippen molar-refractivity contribution in [3.8, 4) is 5.75 Å². The zero-order valence-corrected chi connectivity index (χ0v) is 14.7. The molecule has 2 rings (SSSR count). The summed E-state index contributed by atoms with van der Waals surface area (Å²) in [5, 5.41) is 3.36. The predicted molar refractivity (Wildman–Crippen MR) is 91.1 cm³/mol. The van der Waals surface area contributed by atoms with E-state index in [1.165, 1.54) is 10.4 Å². The molecule has 21 heavy (non-hydrogen) atoms. The van der Waals surface area contributed by atoms with Gasteiger partial charge in [-0.2, -0.15) is 0 Å². The molecular weight excluding hydrogens is 350 g/mol. The molecule has 0 atom stereocenters. The summed E-state index contributed by atoms with van der Waals surface area (Å²) in [6.07, 6.45) is 0. The fourth-order valence-electron chi connectivity index (χ4n) is 2.03. The van der Waals surface area contributed by atoms with Gasteiger partial charge in [0, 0.05) is 30.6 Å². The summed E-state index contributed by atoms with van der Waals surface area (Å²) >= 11 is 5.18. The van der Waals surface area contributed by atoms with Gasteiger partial charge in [0.15, 0.2) is 0 Å². The first-order chi connectivity index (χ1) is 10.2. The van der Waals surface area contributed by atoms with Gasteiger partial charge in [-0.1, -0.05) is 18.2 Å². The Morgan fingerprint density at radius 2 is 2.10 bits per heavy atom. The molecule has 0 bridgehead atoms. The maximum Gasteiger partial charge on any atom is 0.127 e. The van der Waals surface area contributed by atoms with Gasteiger partial charge >= 0.3 is 0 Å². The molecule has 1 N–H and O–H groups in total. The molecule has 1 heterocycles. The Hall–Kier alpha value is -0.880. The van der Waals surface area contributed by atoms with Crippen LogP contribution in [0.1, 0.15) is 16.0 Å². The molecule has 0 fully saturated rings. The highest BCUT2D eigenvalue weighted by molar-refractivity contribution is 9.11. The van der Waals surface area contributed by atoms with E-state index >= 15 is 0 Å². The highest BCUT2D eigenvalue weighted by atomic mass is 79.9. The summed E-state index contributed by atoms with van der Waals surface area (Å²) in [5.41, 5.74) is 2.35. The standard InChI is InChI=1S/C16H20BrNO2S/c1-12-4-3-5-13(10-18-8-9-19-2)16(12)20-11-14-6-7-15(17)21-14/h3-7,18H,8-11H2,1-2H3. The van der Waals surface area contributed by atoms with Crippen LogP contribution in [0.25, 0.3) is 0 Å². The Labute approximate surface area is 138 Å². The smallest absolute Gasteiger partial charge is 0.127 e. The van der Waals surface area contributed by atoms with E-state index in [2.05, 4.69) is 58.5 Å². The molecule has 3 nitrogen and oxygen atoms in total. The second-order valence-electron chi connectivity index (χ2n) is 4.73. The molecule has 1 aromatic carbocycles. The maximum absolute atomic E-state index is 6.04. The minimum Gasteiger partial charge on any atom is -0.487 e. The minimum atomic E-state index is 0.603. The summed E-state index contributed by atoms with van der Waals surface area (Å²) in [6.45, 7) is 5.02. The molecular formula is C16H20BrNO2S. The lowest BCUT2D eigenvalue weighted by molar-refractivity contribution is 0.199. The van der Waals surface area contributed by atoms with Crippen LogP contribution in [-0.2, 0) is 17.9 Å². The highest BCUT2D eigenvalue weighted by Gasteiger charge is 2.08. The summed E-state index contributed by atoms with van der Waals surface area (Å²) < 4.78 is 12.2. The molecule has 0 unspecified atom stereocenters. The minimum absolute atomic E-state index is 0.603. The third-order valence-electron chi connectivity index (χ3n) is 3.08. The van der Waals surface area contributed by atoms with Crippen LogP contribution < -0.4 is 10.1 Å². The highest BCUT2D eigenvalue weighted by Crippen LogP contribution is 2.27. The van der Waals surface area contributed by atoms with E-state index in [0.29, 0.717) is 13.2 Å². The zero-order valence-electron chi connectivity index (χ0n) is 12.3. The van der Waals surface area contributed by atoms with E-state index in [1.807, 2.05) is 0 Å². The predicted octanol–water partition coefficient (Wildman–Crippen LogP) is 4.13. The Balaban J connectivity index is 1.99. The number of para-hydroxylation sites is 1. The maximum atomic E-state index is 6.04. The Morgan fingerprint density at radius 3 is 2.81 bits per heavy atom. The van der Waals surface area contributed by atoms with Crippen molar-refractivity contribution in [2.45, 2.75) is 20.1 Å². The van der Waals surface area contributed by atoms with Gasteiger partial charge in [-0.15, -0.1) is 11.3 Å². The van der Waals surface area contributed by atoms with E-state index < -0.39 is 0 Å². The summed E-state index contributed by atoms with van der Waals surface area (Å²) in [4.78, 5) is 1.21. The second-order valence-corrected chi connectivity index (χ2v) is 7.27. The van der Waals surface area contributed by atoms with E-state index in [-0.39, 0.29) is 0 Å². The van der Waals surface area contributed by atoms with Crippen molar-refractivity contribution < 1.29 is 9.47 Å². The lowest BCUT2D eigenvalue weighted by Gasteiger charge is -2.14. The summed E-state index contributed by atoms with van der Waals surface area (Å²) in [6, 6.07) is 10.4. The molecule has 0 aliphatic heterocycles. The number of methoxy groups -OCH3 is 1. The van der Waals surface area contributed by atoms with Gasteiger partial charge < -0.3 is 14.8 Å². The van der Waals surface area contributed by atoms with Gasteiger partial charge in [0.05, 0.1) is 10.4 Å². The summed E-state index contributed by atoms with van der Waals surface area (Å²) in [7, 11) is 1.71. The molecule has 0 amide bonds. The first-order valence-electron chi connectivity index (χ1n) is 6.86. The number of hydrogen-bond acceptors (Lipinski definition) is 4. The molecule has 0 aliphatic carbocycles. The number of hydrogen-bond donors (Lipinski definition) is 1. The number of benzene rings is 1. The van der Waals surface area contributed by atoms with Gasteiger partial charge in [-0.3, -0.25) is 0 Å². The van der Waals surface area contributed by atoms with Crippen LogP contribution in [0, 0.1) is 6.92 Å². The normalized spacial score (nSPS) is 10.8. The molecule has 0 radical (unpaired) electrons. The molecule has 1 aromatic heterocycles. The largest absolute Gasteiger partial charge is 0.487 e. The van der Waals surface area contributed by atoms with Crippen LogP contribution in [-0.4, -0.2) is 20.3 Å². The number of aryl methyl sites for hydroxylation is 1. The van der Waals surface area contributed by atoms with Gasteiger partial charge in [0.1, 0.15) is 12.4 Å². The van der Waals surface area contributed by atoms with Crippen molar-refractivity contribution in [1.82, 2.24) is 5.32 Å².